The van der Waals surface area contributed by atoms with Gasteiger partial charge < -0.3 is 9.84 Å². The molecule has 21 heavy (non-hydrogen) atoms. The van der Waals surface area contributed by atoms with Gasteiger partial charge in [-0.2, -0.15) is 0 Å². The maximum absolute atomic E-state index is 13.9. The van der Waals surface area contributed by atoms with Crippen LogP contribution in [0.3, 0.4) is 0 Å². The highest BCUT2D eigenvalue weighted by Crippen LogP contribution is 2.35. The van der Waals surface area contributed by atoms with Gasteiger partial charge in [-0.3, -0.25) is 0 Å². The average Bonchev–Trinajstić information content (AvgIpc) is 2.37. The van der Waals surface area contributed by atoms with E-state index in [1.807, 2.05) is 0 Å². The minimum atomic E-state index is -4.91. The minimum Gasteiger partial charge on any atom is -0.478 e. The zero-order valence-electron chi connectivity index (χ0n) is 10.3. The molecular weight excluding hydrogens is 292 g/mol. The molecule has 0 amide bonds. The van der Waals surface area contributed by atoms with E-state index in [-0.39, 0.29) is 16.7 Å². The summed E-state index contributed by atoms with van der Waals surface area (Å²) in [4.78, 5) is 10.7. The molecule has 2 aromatic rings. The summed E-state index contributed by atoms with van der Waals surface area (Å²) in [6.07, 6.45) is -4.91. The quantitative estimate of drug-likeness (QED) is 0.868. The van der Waals surface area contributed by atoms with Crippen molar-refractivity contribution in [3.8, 4) is 16.9 Å². The van der Waals surface area contributed by atoms with Gasteiger partial charge >= 0.3 is 12.3 Å². The van der Waals surface area contributed by atoms with Crippen LogP contribution in [0.1, 0.15) is 10.4 Å². The van der Waals surface area contributed by atoms with Crippen LogP contribution in [0.4, 0.5) is 17.6 Å². The van der Waals surface area contributed by atoms with Crippen LogP contribution in [0, 0.1) is 5.82 Å². The zero-order valence-corrected chi connectivity index (χ0v) is 10.3. The molecule has 110 valence electrons. The fourth-order valence-corrected chi connectivity index (χ4v) is 1.77. The summed E-state index contributed by atoms with van der Waals surface area (Å²) in [6.45, 7) is 0. The summed E-state index contributed by atoms with van der Waals surface area (Å²) in [5.41, 5.74) is -0.602. The molecule has 0 bridgehead atoms. The lowest BCUT2D eigenvalue weighted by Gasteiger charge is -2.13. The van der Waals surface area contributed by atoms with Crippen LogP contribution < -0.4 is 4.74 Å². The molecule has 0 atom stereocenters. The number of hydrogen-bond donors (Lipinski definition) is 1. The van der Waals surface area contributed by atoms with Crippen molar-refractivity contribution in [3.05, 3.63) is 53.8 Å². The molecule has 3 nitrogen and oxygen atoms in total. The number of para-hydroxylation sites is 1. The first-order chi connectivity index (χ1) is 9.78. The van der Waals surface area contributed by atoms with Crippen LogP contribution in [-0.2, 0) is 0 Å². The highest BCUT2D eigenvalue weighted by molar-refractivity contribution is 5.88. The van der Waals surface area contributed by atoms with E-state index in [0.717, 1.165) is 24.3 Å². The van der Waals surface area contributed by atoms with Crippen molar-refractivity contribution >= 4 is 5.97 Å². The van der Waals surface area contributed by atoms with Gasteiger partial charge in [0.1, 0.15) is 11.6 Å². The highest BCUT2D eigenvalue weighted by Gasteiger charge is 2.32. The van der Waals surface area contributed by atoms with Gasteiger partial charge in [0.2, 0.25) is 0 Å². The number of aromatic carboxylic acids is 1. The lowest BCUT2D eigenvalue weighted by Crippen LogP contribution is -2.17. The van der Waals surface area contributed by atoms with E-state index in [2.05, 4.69) is 4.74 Å². The summed E-state index contributed by atoms with van der Waals surface area (Å²) >= 11 is 0. The predicted octanol–water partition coefficient (Wildman–Crippen LogP) is 4.09. The second kappa shape index (κ2) is 5.43. The van der Waals surface area contributed by atoms with Crippen molar-refractivity contribution < 1.29 is 32.2 Å². The Balaban J connectivity index is 2.50. The molecule has 0 unspecified atom stereocenters. The number of carboxylic acid groups (broad SMARTS) is 1. The van der Waals surface area contributed by atoms with Crippen molar-refractivity contribution in [1.29, 1.82) is 0 Å². The summed E-state index contributed by atoms with van der Waals surface area (Å²) in [5, 5.41) is 8.74. The summed E-state index contributed by atoms with van der Waals surface area (Å²) in [5.74, 6) is -2.85. The summed E-state index contributed by atoms with van der Waals surface area (Å²) in [7, 11) is 0. The molecule has 0 radical (unpaired) electrons. The number of carbonyl (C=O) groups is 1. The Kier molecular flexibility index (Phi) is 3.84. The van der Waals surface area contributed by atoms with Crippen molar-refractivity contribution in [3.63, 3.8) is 0 Å². The first-order valence-electron chi connectivity index (χ1n) is 5.66. The molecule has 2 rings (SSSR count). The number of carboxylic acids is 1. The molecule has 0 saturated heterocycles. The lowest BCUT2D eigenvalue weighted by atomic mass is 10.0. The number of alkyl halides is 3. The monoisotopic (exact) mass is 300 g/mol. The maximum atomic E-state index is 13.9. The van der Waals surface area contributed by atoms with Crippen LogP contribution in [0.25, 0.3) is 11.1 Å². The fourth-order valence-electron chi connectivity index (χ4n) is 1.77. The average molecular weight is 300 g/mol. The minimum absolute atomic E-state index is 0.121. The van der Waals surface area contributed by atoms with Crippen LogP contribution in [0.2, 0.25) is 0 Å². The van der Waals surface area contributed by atoms with Crippen molar-refractivity contribution in [2.75, 3.05) is 0 Å². The van der Waals surface area contributed by atoms with Gasteiger partial charge in [-0.05, 0) is 18.2 Å². The van der Waals surface area contributed by atoms with Crippen molar-refractivity contribution in [2.24, 2.45) is 0 Å². The van der Waals surface area contributed by atoms with E-state index >= 15 is 0 Å². The Hall–Kier alpha value is -2.57. The van der Waals surface area contributed by atoms with Gasteiger partial charge in [0.25, 0.3) is 0 Å². The first kappa shape index (κ1) is 14.8. The number of benzene rings is 2. The summed E-state index contributed by atoms with van der Waals surface area (Å²) in [6, 6.07) is 7.97. The number of hydrogen-bond acceptors (Lipinski definition) is 2. The van der Waals surface area contributed by atoms with Crippen LogP contribution >= 0.6 is 0 Å². The molecule has 2 aromatic carbocycles. The highest BCUT2D eigenvalue weighted by atomic mass is 19.4. The molecule has 0 spiro atoms. The Morgan fingerprint density at radius 3 is 2.29 bits per heavy atom. The van der Waals surface area contributed by atoms with E-state index < -0.39 is 23.9 Å². The number of ether oxygens (including phenoxy) is 1. The second-order valence-corrected chi connectivity index (χ2v) is 4.04. The fraction of sp³-hybridized carbons (Fsp3) is 0.0714. The molecule has 0 heterocycles. The van der Waals surface area contributed by atoms with Crippen LogP contribution in [0.15, 0.2) is 42.5 Å². The largest absolute Gasteiger partial charge is 0.573 e. The van der Waals surface area contributed by atoms with Crippen molar-refractivity contribution in [1.82, 2.24) is 0 Å². The standard InChI is InChI=1S/C14H8F4O3/c15-11-7-8(13(19)20)5-6-9(11)10-3-1-2-4-12(10)21-14(16,17)18/h1-7H,(H,19,20). The van der Waals surface area contributed by atoms with Crippen LogP contribution in [-0.4, -0.2) is 17.4 Å². The van der Waals surface area contributed by atoms with E-state index in [4.69, 9.17) is 5.11 Å². The van der Waals surface area contributed by atoms with Crippen LogP contribution in [0.5, 0.6) is 5.75 Å². The third-order valence-electron chi connectivity index (χ3n) is 2.62. The predicted molar refractivity (Wildman–Crippen MR) is 65.5 cm³/mol. The molecular formula is C14H8F4O3. The molecule has 0 aliphatic rings. The Morgan fingerprint density at radius 1 is 1.05 bits per heavy atom. The molecule has 0 aliphatic carbocycles. The number of rotatable bonds is 3. The van der Waals surface area contributed by atoms with Crippen molar-refractivity contribution in [2.45, 2.75) is 6.36 Å². The Morgan fingerprint density at radius 2 is 1.71 bits per heavy atom. The van der Waals surface area contributed by atoms with Gasteiger partial charge in [0.15, 0.2) is 0 Å². The van der Waals surface area contributed by atoms with E-state index in [1.54, 1.807) is 0 Å². The second-order valence-electron chi connectivity index (χ2n) is 4.04. The van der Waals surface area contributed by atoms with E-state index in [9.17, 15) is 22.4 Å². The molecule has 1 N–H and O–H groups in total. The third kappa shape index (κ3) is 3.50. The van der Waals surface area contributed by atoms with Gasteiger partial charge in [-0.15, -0.1) is 13.2 Å². The number of halogens is 4. The zero-order chi connectivity index (χ0) is 15.6. The lowest BCUT2D eigenvalue weighted by molar-refractivity contribution is -0.274. The molecule has 7 heteroatoms. The topological polar surface area (TPSA) is 46.5 Å². The third-order valence-corrected chi connectivity index (χ3v) is 2.62. The SMILES string of the molecule is O=C(O)c1ccc(-c2ccccc2OC(F)(F)F)c(F)c1. The molecule has 0 aromatic heterocycles. The van der Waals surface area contributed by atoms with Gasteiger partial charge in [-0.25, -0.2) is 9.18 Å². The van der Waals surface area contributed by atoms with Gasteiger partial charge in [0, 0.05) is 11.1 Å². The maximum Gasteiger partial charge on any atom is 0.573 e. The van der Waals surface area contributed by atoms with E-state index in [1.165, 1.54) is 18.2 Å². The normalized spacial score (nSPS) is 11.2. The molecule has 0 fully saturated rings. The van der Waals surface area contributed by atoms with E-state index in [0.29, 0.717) is 0 Å². The van der Waals surface area contributed by atoms with Gasteiger partial charge in [0.05, 0.1) is 5.56 Å². The Labute approximate surface area is 116 Å². The smallest absolute Gasteiger partial charge is 0.478 e. The Bertz CT molecular complexity index is 680. The first-order valence-corrected chi connectivity index (χ1v) is 5.66. The molecule has 0 aliphatic heterocycles. The molecule has 0 saturated carbocycles. The van der Waals surface area contributed by atoms with Gasteiger partial charge in [-0.1, -0.05) is 24.3 Å². The summed E-state index contributed by atoms with van der Waals surface area (Å²) < 4.78 is 54.7.